The molecular weight excluding hydrogens is 246 g/mol. The number of aryl methyl sites for hydroxylation is 2. The Morgan fingerprint density at radius 1 is 1.53 bits per heavy atom. The van der Waals surface area contributed by atoms with Crippen molar-refractivity contribution in [1.82, 2.24) is 24.8 Å². The summed E-state index contributed by atoms with van der Waals surface area (Å²) < 4.78 is 3.48. The molecule has 7 nitrogen and oxygen atoms in total. The molecule has 100 valence electrons. The van der Waals surface area contributed by atoms with Gasteiger partial charge < -0.3 is 5.11 Å². The topological polar surface area (TPSA) is 85.8 Å². The molecule has 0 spiro atoms. The van der Waals surface area contributed by atoms with Crippen LogP contribution in [0.3, 0.4) is 0 Å². The molecule has 2 aromatic heterocycles. The predicted molar refractivity (Wildman–Crippen MR) is 66.0 cm³/mol. The highest BCUT2D eigenvalue weighted by atomic mass is 16.4. The van der Waals surface area contributed by atoms with Gasteiger partial charge in [-0.1, -0.05) is 5.21 Å². The highest BCUT2D eigenvalue weighted by Gasteiger charge is 2.33. The zero-order chi connectivity index (χ0) is 13.6. The fourth-order valence-electron chi connectivity index (χ4n) is 2.32. The van der Waals surface area contributed by atoms with Crippen molar-refractivity contribution in [3.8, 4) is 0 Å². The minimum Gasteiger partial charge on any atom is -0.476 e. The molecule has 1 N–H and O–H groups in total. The predicted octanol–water partition coefficient (Wildman–Crippen LogP) is 0.944. The van der Waals surface area contributed by atoms with Crippen molar-refractivity contribution in [2.45, 2.75) is 32.2 Å². The summed E-state index contributed by atoms with van der Waals surface area (Å²) in [5.74, 6) is -0.718. The number of carbonyl (C=O) groups is 1. The van der Waals surface area contributed by atoms with E-state index >= 15 is 0 Å². The van der Waals surface area contributed by atoms with E-state index in [-0.39, 0.29) is 11.6 Å². The molecule has 7 heteroatoms. The summed E-state index contributed by atoms with van der Waals surface area (Å²) in [7, 11) is 1.87. The molecule has 3 rings (SSSR count). The Bertz CT molecular complexity index is 639. The van der Waals surface area contributed by atoms with Crippen LogP contribution < -0.4 is 0 Å². The molecule has 1 saturated carbocycles. The second-order valence-electron chi connectivity index (χ2n) is 4.96. The monoisotopic (exact) mass is 261 g/mol. The standard InChI is InChI=1S/C12H15N5O2/c1-7-5-9(16(2)14-7)6-17-11(8-3-4-8)10(12(18)19)13-15-17/h5,8H,3-4,6H2,1-2H3,(H,18,19). The molecule has 1 aliphatic carbocycles. The minimum absolute atomic E-state index is 0.0846. The van der Waals surface area contributed by atoms with Crippen molar-refractivity contribution in [2.75, 3.05) is 0 Å². The van der Waals surface area contributed by atoms with Crippen molar-refractivity contribution < 1.29 is 9.90 Å². The molecule has 0 radical (unpaired) electrons. The Balaban J connectivity index is 1.97. The molecule has 0 bridgehead atoms. The molecule has 1 aliphatic rings. The highest BCUT2D eigenvalue weighted by Crippen LogP contribution is 2.41. The number of carboxylic acids is 1. The zero-order valence-corrected chi connectivity index (χ0v) is 10.9. The van der Waals surface area contributed by atoms with Crippen molar-refractivity contribution >= 4 is 5.97 Å². The molecular formula is C12H15N5O2. The van der Waals surface area contributed by atoms with Crippen LogP contribution in [0.4, 0.5) is 0 Å². The molecule has 0 saturated heterocycles. The number of aromatic nitrogens is 5. The maximum absolute atomic E-state index is 11.2. The van der Waals surface area contributed by atoms with Crippen LogP contribution in [0, 0.1) is 6.92 Å². The summed E-state index contributed by atoms with van der Waals surface area (Å²) in [5.41, 5.74) is 2.75. The van der Waals surface area contributed by atoms with Crippen LogP contribution in [0.2, 0.25) is 0 Å². The summed E-state index contributed by atoms with van der Waals surface area (Å²) in [6, 6.07) is 1.97. The lowest BCUT2D eigenvalue weighted by Crippen LogP contribution is -2.11. The highest BCUT2D eigenvalue weighted by molar-refractivity contribution is 5.86. The maximum atomic E-state index is 11.2. The Morgan fingerprint density at radius 2 is 2.26 bits per heavy atom. The van der Waals surface area contributed by atoms with Crippen molar-refractivity contribution in [3.63, 3.8) is 0 Å². The van der Waals surface area contributed by atoms with E-state index in [9.17, 15) is 4.79 Å². The van der Waals surface area contributed by atoms with Gasteiger partial charge >= 0.3 is 5.97 Å². The number of rotatable bonds is 4. The quantitative estimate of drug-likeness (QED) is 0.885. The molecule has 2 aromatic rings. The Hall–Kier alpha value is -2.18. The van der Waals surface area contributed by atoms with E-state index in [2.05, 4.69) is 15.4 Å². The molecule has 0 amide bonds. The largest absolute Gasteiger partial charge is 0.476 e. The lowest BCUT2D eigenvalue weighted by atomic mass is 10.2. The second kappa shape index (κ2) is 4.18. The maximum Gasteiger partial charge on any atom is 0.358 e. The lowest BCUT2D eigenvalue weighted by Gasteiger charge is -2.06. The van der Waals surface area contributed by atoms with Gasteiger partial charge in [-0.3, -0.25) is 4.68 Å². The molecule has 0 unspecified atom stereocenters. The van der Waals surface area contributed by atoms with E-state index in [0.717, 1.165) is 29.9 Å². The fourth-order valence-corrected chi connectivity index (χ4v) is 2.32. The first-order valence-electron chi connectivity index (χ1n) is 6.22. The third-order valence-electron chi connectivity index (χ3n) is 3.35. The van der Waals surface area contributed by atoms with E-state index in [1.807, 2.05) is 20.0 Å². The second-order valence-corrected chi connectivity index (χ2v) is 4.96. The van der Waals surface area contributed by atoms with E-state index < -0.39 is 5.97 Å². The Kier molecular flexibility index (Phi) is 2.62. The van der Waals surface area contributed by atoms with Crippen molar-refractivity contribution in [3.05, 3.63) is 28.8 Å². The van der Waals surface area contributed by atoms with Crippen LogP contribution >= 0.6 is 0 Å². The van der Waals surface area contributed by atoms with Crippen LogP contribution in [0.25, 0.3) is 0 Å². The first kappa shape index (κ1) is 11.9. The van der Waals surface area contributed by atoms with E-state index in [1.54, 1.807) is 9.36 Å². The normalized spacial score (nSPS) is 14.8. The van der Waals surface area contributed by atoms with E-state index in [0.29, 0.717) is 6.54 Å². The van der Waals surface area contributed by atoms with Crippen LogP contribution in [0.5, 0.6) is 0 Å². The molecule has 1 fully saturated rings. The zero-order valence-electron chi connectivity index (χ0n) is 10.9. The molecule has 19 heavy (non-hydrogen) atoms. The SMILES string of the molecule is Cc1cc(Cn2nnc(C(=O)O)c2C2CC2)n(C)n1. The van der Waals surface area contributed by atoms with Gasteiger partial charge in [0.25, 0.3) is 0 Å². The van der Waals surface area contributed by atoms with Crippen LogP contribution in [-0.2, 0) is 13.6 Å². The van der Waals surface area contributed by atoms with Gasteiger partial charge in [-0.05, 0) is 25.8 Å². The number of hydrogen-bond acceptors (Lipinski definition) is 4. The smallest absolute Gasteiger partial charge is 0.358 e. The molecule has 2 heterocycles. The third-order valence-corrected chi connectivity index (χ3v) is 3.35. The van der Waals surface area contributed by atoms with Gasteiger partial charge in [-0.15, -0.1) is 5.10 Å². The minimum atomic E-state index is -1.01. The van der Waals surface area contributed by atoms with Crippen molar-refractivity contribution in [2.24, 2.45) is 7.05 Å². The summed E-state index contributed by atoms with van der Waals surface area (Å²) >= 11 is 0. The lowest BCUT2D eigenvalue weighted by molar-refractivity contribution is 0.0689. The van der Waals surface area contributed by atoms with Gasteiger partial charge in [0.15, 0.2) is 5.69 Å². The molecule has 0 atom stereocenters. The van der Waals surface area contributed by atoms with Crippen molar-refractivity contribution in [1.29, 1.82) is 0 Å². The van der Waals surface area contributed by atoms with Gasteiger partial charge in [-0.25, -0.2) is 9.48 Å². The summed E-state index contributed by atoms with van der Waals surface area (Å²) in [6.07, 6.45) is 2.02. The summed E-state index contributed by atoms with van der Waals surface area (Å²) in [4.78, 5) is 11.2. The van der Waals surface area contributed by atoms with E-state index in [4.69, 9.17) is 5.11 Å². The van der Waals surface area contributed by atoms with Crippen LogP contribution in [0.1, 0.15) is 46.3 Å². The Labute approximate surface area is 109 Å². The number of hydrogen-bond donors (Lipinski definition) is 1. The van der Waals surface area contributed by atoms with Gasteiger partial charge in [0.1, 0.15) is 0 Å². The first-order chi connectivity index (χ1) is 9.06. The number of carboxylic acid groups (broad SMARTS) is 1. The van der Waals surface area contributed by atoms with Crippen LogP contribution in [-0.4, -0.2) is 35.9 Å². The number of nitrogens with zero attached hydrogens (tertiary/aromatic N) is 5. The first-order valence-corrected chi connectivity index (χ1v) is 6.22. The molecule has 0 aliphatic heterocycles. The van der Waals surface area contributed by atoms with Gasteiger partial charge in [0, 0.05) is 13.0 Å². The Morgan fingerprint density at radius 3 is 2.79 bits per heavy atom. The van der Waals surface area contributed by atoms with Gasteiger partial charge in [-0.2, -0.15) is 5.10 Å². The average molecular weight is 261 g/mol. The average Bonchev–Trinajstić information content (AvgIpc) is 3.01. The molecule has 0 aromatic carbocycles. The third kappa shape index (κ3) is 2.11. The van der Waals surface area contributed by atoms with E-state index in [1.165, 1.54) is 0 Å². The van der Waals surface area contributed by atoms with Gasteiger partial charge in [0.2, 0.25) is 0 Å². The van der Waals surface area contributed by atoms with Gasteiger partial charge in [0.05, 0.1) is 23.6 Å². The number of aromatic carboxylic acids is 1. The van der Waals surface area contributed by atoms with Crippen LogP contribution in [0.15, 0.2) is 6.07 Å². The summed E-state index contributed by atoms with van der Waals surface area (Å²) in [6.45, 7) is 2.43. The fraction of sp³-hybridized carbons (Fsp3) is 0.500. The summed E-state index contributed by atoms with van der Waals surface area (Å²) in [5, 5.41) is 21.2.